The van der Waals surface area contributed by atoms with Crippen molar-refractivity contribution in [2.75, 3.05) is 17.9 Å². The van der Waals surface area contributed by atoms with E-state index in [0.717, 1.165) is 18.5 Å². The number of ether oxygens (including phenoxy) is 1. The fraction of sp³-hybridized carbons (Fsp3) is 0.154. The van der Waals surface area contributed by atoms with E-state index in [9.17, 15) is 12.8 Å². The van der Waals surface area contributed by atoms with Gasteiger partial charge in [0.2, 0.25) is 0 Å². The van der Waals surface area contributed by atoms with Crippen LogP contribution in [0.2, 0.25) is 0 Å². The van der Waals surface area contributed by atoms with Crippen LogP contribution in [0, 0.1) is 5.82 Å². The topological polar surface area (TPSA) is 94.3 Å². The maximum absolute atomic E-state index is 13.1. The highest BCUT2D eigenvalue weighted by atomic mass is 32.2. The minimum Gasteiger partial charge on any atom is -0.492 e. The molecule has 0 aliphatic carbocycles. The van der Waals surface area contributed by atoms with Crippen molar-refractivity contribution in [3.8, 4) is 5.75 Å². The Morgan fingerprint density at radius 1 is 1.29 bits per heavy atom. The van der Waals surface area contributed by atoms with Gasteiger partial charge in [0.15, 0.2) is 0 Å². The fourth-order valence-electron chi connectivity index (χ4n) is 1.58. The summed E-state index contributed by atoms with van der Waals surface area (Å²) in [5.41, 5.74) is 5.63. The zero-order valence-electron chi connectivity index (χ0n) is 11.0. The molecular formula is C13H14FN3O3S. The second-order valence-corrected chi connectivity index (χ2v) is 5.79. The second-order valence-electron chi connectivity index (χ2n) is 4.11. The Bertz CT molecular complexity index is 722. The quantitative estimate of drug-likeness (QED) is 0.840. The van der Waals surface area contributed by atoms with Gasteiger partial charge < -0.3 is 10.5 Å². The lowest BCUT2D eigenvalue weighted by Gasteiger charge is -2.10. The number of hydrogen-bond acceptors (Lipinski definition) is 5. The maximum Gasteiger partial charge on any atom is 0.263 e. The summed E-state index contributed by atoms with van der Waals surface area (Å²) in [5, 5.41) is 0. The Kier molecular flexibility index (Phi) is 4.71. The average molecular weight is 311 g/mol. The van der Waals surface area contributed by atoms with E-state index in [-0.39, 0.29) is 4.90 Å². The molecule has 8 heteroatoms. The molecule has 1 aromatic carbocycles. The highest BCUT2D eigenvalue weighted by Crippen LogP contribution is 2.20. The normalized spacial score (nSPS) is 11.1. The minimum atomic E-state index is -3.91. The first-order valence-electron chi connectivity index (χ1n) is 6.07. The van der Waals surface area contributed by atoms with E-state index in [4.69, 9.17) is 10.5 Å². The highest BCUT2D eigenvalue weighted by Gasteiger charge is 2.15. The minimum absolute atomic E-state index is 0.254. The van der Waals surface area contributed by atoms with E-state index < -0.39 is 15.8 Å². The van der Waals surface area contributed by atoms with E-state index >= 15 is 0 Å². The van der Waals surface area contributed by atoms with Crippen LogP contribution in [0.1, 0.15) is 0 Å². The Balaban J connectivity index is 2.20. The van der Waals surface area contributed by atoms with Crippen LogP contribution in [-0.4, -0.2) is 26.6 Å². The molecule has 0 aliphatic heterocycles. The third kappa shape index (κ3) is 4.14. The Hall–Kier alpha value is -2.19. The lowest BCUT2D eigenvalue weighted by Crippen LogP contribution is -2.14. The monoisotopic (exact) mass is 311 g/mol. The highest BCUT2D eigenvalue weighted by molar-refractivity contribution is 7.92. The standard InChI is InChI=1S/C13H14FN3O3S/c14-10-6-13(9-16-8-10)21(18,19)17-11-2-1-3-12(7-11)20-5-4-15/h1-3,6-9,17H,4-5,15H2. The van der Waals surface area contributed by atoms with Gasteiger partial charge in [0.05, 0.1) is 11.9 Å². The molecule has 0 unspecified atom stereocenters. The summed E-state index contributed by atoms with van der Waals surface area (Å²) >= 11 is 0. The van der Waals surface area contributed by atoms with E-state index in [1.807, 2.05) is 0 Å². The van der Waals surface area contributed by atoms with Gasteiger partial charge in [0.25, 0.3) is 10.0 Å². The molecule has 0 aliphatic rings. The van der Waals surface area contributed by atoms with Crippen molar-refractivity contribution in [2.45, 2.75) is 4.90 Å². The molecule has 1 heterocycles. The molecule has 0 amide bonds. The molecule has 2 rings (SSSR count). The van der Waals surface area contributed by atoms with Gasteiger partial charge in [-0.1, -0.05) is 6.07 Å². The number of sulfonamides is 1. The van der Waals surface area contributed by atoms with Crippen LogP contribution in [0.25, 0.3) is 0 Å². The third-order valence-corrected chi connectivity index (χ3v) is 3.81. The second kappa shape index (κ2) is 6.51. The summed E-state index contributed by atoms with van der Waals surface area (Å²) in [7, 11) is -3.91. The molecule has 0 saturated carbocycles. The Labute approximate surface area is 121 Å². The molecule has 1 aromatic heterocycles. The summed E-state index contributed by atoms with van der Waals surface area (Å²) in [6.45, 7) is 0.676. The Morgan fingerprint density at radius 2 is 2.10 bits per heavy atom. The Morgan fingerprint density at radius 3 is 2.81 bits per heavy atom. The molecule has 3 N–H and O–H groups in total. The van der Waals surface area contributed by atoms with Gasteiger partial charge in [-0.15, -0.1) is 0 Å². The SMILES string of the molecule is NCCOc1cccc(NS(=O)(=O)c2cncc(F)c2)c1. The maximum atomic E-state index is 13.1. The smallest absolute Gasteiger partial charge is 0.263 e. The molecule has 21 heavy (non-hydrogen) atoms. The zero-order valence-corrected chi connectivity index (χ0v) is 11.8. The zero-order chi connectivity index (χ0) is 15.3. The number of nitrogens with zero attached hydrogens (tertiary/aromatic N) is 1. The molecule has 0 fully saturated rings. The molecule has 0 radical (unpaired) electrons. The lowest BCUT2D eigenvalue weighted by molar-refractivity contribution is 0.328. The van der Waals surface area contributed by atoms with Crippen molar-refractivity contribution in [1.29, 1.82) is 0 Å². The van der Waals surface area contributed by atoms with E-state index in [1.165, 1.54) is 6.07 Å². The number of rotatable bonds is 6. The van der Waals surface area contributed by atoms with Crippen LogP contribution in [0.15, 0.2) is 47.6 Å². The van der Waals surface area contributed by atoms with Crippen molar-refractivity contribution in [2.24, 2.45) is 5.73 Å². The predicted octanol–water partition coefficient (Wildman–Crippen LogP) is 1.36. The van der Waals surface area contributed by atoms with Crippen LogP contribution in [0.4, 0.5) is 10.1 Å². The molecular weight excluding hydrogens is 297 g/mol. The number of nitrogens with one attached hydrogen (secondary N) is 1. The van der Waals surface area contributed by atoms with Gasteiger partial charge in [-0.05, 0) is 18.2 Å². The van der Waals surface area contributed by atoms with Crippen molar-refractivity contribution in [3.05, 3.63) is 48.5 Å². The fourth-order valence-corrected chi connectivity index (χ4v) is 2.60. The molecule has 6 nitrogen and oxygen atoms in total. The van der Waals surface area contributed by atoms with Gasteiger partial charge in [-0.25, -0.2) is 12.8 Å². The molecule has 0 spiro atoms. The van der Waals surface area contributed by atoms with Gasteiger partial charge in [-0.2, -0.15) is 0 Å². The largest absolute Gasteiger partial charge is 0.492 e. The number of hydrogen-bond donors (Lipinski definition) is 2. The first-order valence-corrected chi connectivity index (χ1v) is 7.56. The van der Waals surface area contributed by atoms with Crippen LogP contribution in [-0.2, 0) is 10.0 Å². The van der Waals surface area contributed by atoms with E-state index in [1.54, 1.807) is 18.2 Å². The van der Waals surface area contributed by atoms with Gasteiger partial charge >= 0.3 is 0 Å². The predicted molar refractivity (Wildman–Crippen MR) is 76.0 cm³/mol. The molecule has 0 atom stereocenters. The average Bonchev–Trinajstić information content (AvgIpc) is 2.45. The van der Waals surface area contributed by atoms with Crippen molar-refractivity contribution >= 4 is 15.7 Å². The van der Waals surface area contributed by atoms with Gasteiger partial charge in [-0.3, -0.25) is 9.71 Å². The van der Waals surface area contributed by atoms with Crippen molar-refractivity contribution in [3.63, 3.8) is 0 Å². The summed E-state index contributed by atoms with van der Waals surface area (Å²) in [4.78, 5) is 3.26. The third-order valence-electron chi connectivity index (χ3n) is 2.46. The number of anilines is 1. The molecule has 112 valence electrons. The number of benzene rings is 1. The number of pyridine rings is 1. The first-order chi connectivity index (χ1) is 10.0. The van der Waals surface area contributed by atoms with E-state index in [0.29, 0.717) is 24.6 Å². The number of nitrogens with two attached hydrogens (primary N) is 1. The van der Waals surface area contributed by atoms with Gasteiger partial charge in [0, 0.05) is 18.8 Å². The van der Waals surface area contributed by atoms with Crippen LogP contribution in [0.5, 0.6) is 5.75 Å². The van der Waals surface area contributed by atoms with Crippen LogP contribution < -0.4 is 15.2 Å². The van der Waals surface area contributed by atoms with Crippen molar-refractivity contribution < 1.29 is 17.5 Å². The summed E-state index contributed by atoms with van der Waals surface area (Å²) in [5.74, 6) is -0.240. The first kappa shape index (κ1) is 15.2. The van der Waals surface area contributed by atoms with Crippen LogP contribution >= 0.6 is 0 Å². The molecule has 0 saturated heterocycles. The van der Waals surface area contributed by atoms with Crippen LogP contribution in [0.3, 0.4) is 0 Å². The number of halogens is 1. The number of aromatic nitrogens is 1. The van der Waals surface area contributed by atoms with Crippen molar-refractivity contribution in [1.82, 2.24) is 4.98 Å². The molecule has 0 bridgehead atoms. The van der Waals surface area contributed by atoms with E-state index in [2.05, 4.69) is 9.71 Å². The summed E-state index contributed by atoms with van der Waals surface area (Å²) in [6, 6.07) is 7.27. The summed E-state index contributed by atoms with van der Waals surface area (Å²) < 4.78 is 44.9. The lowest BCUT2D eigenvalue weighted by atomic mass is 10.3. The van der Waals surface area contributed by atoms with Gasteiger partial charge in [0.1, 0.15) is 23.1 Å². The summed E-state index contributed by atoms with van der Waals surface area (Å²) in [6.07, 6.45) is 2.00. The molecule has 2 aromatic rings.